The molecule has 0 aliphatic carbocycles. The highest BCUT2D eigenvalue weighted by molar-refractivity contribution is 5.35. The second kappa shape index (κ2) is 4.83. The minimum Gasteiger partial charge on any atom is -0.312 e. The van der Waals surface area contributed by atoms with Gasteiger partial charge in [0, 0.05) is 12.5 Å². The van der Waals surface area contributed by atoms with Crippen LogP contribution in [0.2, 0.25) is 0 Å². The number of benzene rings is 1. The lowest BCUT2D eigenvalue weighted by atomic mass is 9.96. The van der Waals surface area contributed by atoms with Crippen molar-refractivity contribution in [2.45, 2.75) is 26.3 Å². The molecule has 74 valence electrons. The van der Waals surface area contributed by atoms with Crippen molar-refractivity contribution in [2.24, 2.45) is 0 Å². The largest absolute Gasteiger partial charge is 0.312 e. The molecule has 0 saturated heterocycles. The summed E-state index contributed by atoms with van der Waals surface area (Å²) in [6.45, 7) is 4.27. The third-order valence-corrected chi connectivity index (χ3v) is 2.69. The van der Waals surface area contributed by atoms with Crippen LogP contribution < -0.4 is 5.32 Å². The predicted octanol–water partition coefficient (Wildman–Crippen LogP) is 2.59. The number of rotatable bonds is 3. The fourth-order valence-corrected chi connectivity index (χ4v) is 1.64. The van der Waals surface area contributed by atoms with Crippen molar-refractivity contribution in [1.82, 2.24) is 5.32 Å². The lowest BCUT2D eigenvalue weighted by Crippen LogP contribution is -2.17. The van der Waals surface area contributed by atoms with Gasteiger partial charge in [-0.3, -0.25) is 0 Å². The molecule has 1 unspecified atom stereocenters. The molecule has 0 saturated carbocycles. The van der Waals surface area contributed by atoms with Gasteiger partial charge in [-0.2, -0.15) is 0 Å². The Labute approximate surface area is 86.5 Å². The Bertz CT molecular complexity index is 347. The van der Waals surface area contributed by atoms with Gasteiger partial charge in [0.15, 0.2) is 0 Å². The zero-order valence-corrected chi connectivity index (χ0v) is 9.09. The van der Waals surface area contributed by atoms with E-state index in [4.69, 9.17) is 6.42 Å². The highest BCUT2D eigenvalue weighted by Gasteiger charge is 2.10. The highest BCUT2D eigenvalue weighted by atomic mass is 14.9. The first-order valence-corrected chi connectivity index (χ1v) is 4.87. The van der Waals surface area contributed by atoms with Crippen LogP contribution in [0.1, 0.15) is 29.2 Å². The summed E-state index contributed by atoms with van der Waals surface area (Å²) in [6.07, 6.45) is 6.08. The maximum absolute atomic E-state index is 5.34. The predicted molar refractivity (Wildman–Crippen MR) is 61.2 cm³/mol. The summed E-state index contributed by atoms with van der Waals surface area (Å²) in [5.74, 6) is 2.70. The van der Waals surface area contributed by atoms with Gasteiger partial charge >= 0.3 is 0 Å². The molecule has 0 spiro atoms. The Kier molecular flexibility index (Phi) is 3.73. The molecule has 0 heterocycles. The molecule has 0 aliphatic heterocycles. The third-order valence-electron chi connectivity index (χ3n) is 2.69. The van der Waals surface area contributed by atoms with Crippen LogP contribution in [0.25, 0.3) is 0 Å². The molecule has 1 rings (SSSR count). The van der Waals surface area contributed by atoms with Crippen LogP contribution in [0.15, 0.2) is 18.2 Å². The number of aryl methyl sites for hydroxylation is 1. The zero-order valence-electron chi connectivity index (χ0n) is 9.09. The van der Waals surface area contributed by atoms with Gasteiger partial charge in [-0.25, -0.2) is 0 Å². The minimum absolute atomic E-state index is 0.278. The van der Waals surface area contributed by atoms with Crippen molar-refractivity contribution < 1.29 is 0 Å². The van der Waals surface area contributed by atoms with Crippen LogP contribution in [-0.4, -0.2) is 7.05 Å². The van der Waals surface area contributed by atoms with Gasteiger partial charge in [-0.1, -0.05) is 18.2 Å². The first kappa shape index (κ1) is 10.8. The average molecular weight is 187 g/mol. The van der Waals surface area contributed by atoms with E-state index in [-0.39, 0.29) is 6.04 Å². The second-order valence-corrected chi connectivity index (χ2v) is 3.54. The summed E-state index contributed by atoms with van der Waals surface area (Å²) >= 11 is 0. The van der Waals surface area contributed by atoms with E-state index in [1.807, 2.05) is 7.05 Å². The SMILES string of the molecule is C#CCC(NC)c1cccc(C)c1C. The molecule has 0 aliphatic rings. The molecule has 0 amide bonds. The quantitative estimate of drug-likeness (QED) is 0.717. The number of terminal acetylenes is 1. The van der Waals surface area contributed by atoms with Crippen LogP contribution in [-0.2, 0) is 0 Å². The van der Waals surface area contributed by atoms with Crippen LogP contribution in [0, 0.1) is 26.2 Å². The molecule has 1 aromatic carbocycles. The highest BCUT2D eigenvalue weighted by Crippen LogP contribution is 2.22. The number of nitrogens with one attached hydrogen (secondary N) is 1. The fraction of sp³-hybridized carbons (Fsp3) is 0.385. The van der Waals surface area contributed by atoms with E-state index >= 15 is 0 Å². The van der Waals surface area contributed by atoms with E-state index in [0.29, 0.717) is 0 Å². The molecule has 0 fully saturated rings. The maximum Gasteiger partial charge on any atom is 0.0431 e. The first-order chi connectivity index (χ1) is 6.70. The van der Waals surface area contributed by atoms with Gasteiger partial charge < -0.3 is 5.32 Å². The van der Waals surface area contributed by atoms with Gasteiger partial charge in [0.2, 0.25) is 0 Å². The third kappa shape index (κ3) is 2.16. The van der Waals surface area contributed by atoms with Gasteiger partial charge in [-0.05, 0) is 37.6 Å². The summed E-state index contributed by atoms with van der Waals surface area (Å²) in [7, 11) is 1.95. The van der Waals surface area contributed by atoms with Crippen LogP contribution in [0.5, 0.6) is 0 Å². The Morgan fingerprint density at radius 2 is 2.14 bits per heavy atom. The molecule has 0 radical (unpaired) electrons. The van der Waals surface area contributed by atoms with Gasteiger partial charge in [0.25, 0.3) is 0 Å². The molecular weight excluding hydrogens is 170 g/mol. The fourth-order valence-electron chi connectivity index (χ4n) is 1.64. The summed E-state index contributed by atoms with van der Waals surface area (Å²) in [5, 5.41) is 3.24. The second-order valence-electron chi connectivity index (χ2n) is 3.54. The molecule has 1 atom stereocenters. The topological polar surface area (TPSA) is 12.0 Å². The van der Waals surface area contributed by atoms with E-state index < -0.39 is 0 Å². The molecule has 1 aromatic rings. The lowest BCUT2D eigenvalue weighted by Gasteiger charge is -2.17. The van der Waals surface area contributed by atoms with Crippen molar-refractivity contribution in [3.63, 3.8) is 0 Å². The molecule has 1 N–H and O–H groups in total. The minimum atomic E-state index is 0.278. The van der Waals surface area contributed by atoms with E-state index in [0.717, 1.165) is 6.42 Å². The van der Waals surface area contributed by atoms with Gasteiger partial charge in [-0.15, -0.1) is 12.3 Å². The molecule has 0 bridgehead atoms. The smallest absolute Gasteiger partial charge is 0.0431 e. The van der Waals surface area contributed by atoms with E-state index in [9.17, 15) is 0 Å². The van der Waals surface area contributed by atoms with Gasteiger partial charge in [0.1, 0.15) is 0 Å². The monoisotopic (exact) mass is 187 g/mol. The van der Waals surface area contributed by atoms with Crippen molar-refractivity contribution in [1.29, 1.82) is 0 Å². The molecule has 1 heteroatoms. The summed E-state index contributed by atoms with van der Waals surface area (Å²) < 4.78 is 0. The van der Waals surface area contributed by atoms with Crippen LogP contribution >= 0.6 is 0 Å². The van der Waals surface area contributed by atoms with E-state index in [1.54, 1.807) is 0 Å². The average Bonchev–Trinajstić information content (AvgIpc) is 2.19. The standard InChI is InChI=1S/C13H17N/c1-5-7-13(14-4)12-9-6-8-10(2)11(12)3/h1,6,8-9,13-14H,7H2,2-4H3. The molecule has 14 heavy (non-hydrogen) atoms. The zero-order chi connectivity index (χ0) is 10.6. The van der Waals surface area contributed by atoms with Gasteiger partial charge in [0.05, 0.1) is 0 Å². The van der Waals surface area contributed by atoms with Crippen molar-refractivity contribution >= 4 is 0 Å². The molecule has 1 nitrogen and oxygen atoms in total. The van der Waals surface area contributed by atoms with Crippen molar-refractivity contribution in [2.75, 3.05) is 7.05 Å². The Morgan fingerprint density at radius 1 is 1.43 bits per heavy atom. The number of hydrogen-bond donors (Lipinski definition) is 1. The summed E-state index contributed by atoms with van der Waals surface area (Å²) in [4.78, 5) is 0. The first-order valence-electron chi connectivity index (χ1n) is 4.87. The van der Waals surface area contributed by atoms with Crippen LogP contribution in [0.3, 0.4) is 0 Å². The lowest BCUT2D eigenvalue weighted by molar-refractivity contribution is 0.607. The Hall–Kier alpha value is -1.26. The van der Waals surface area contributed by atoms with Crippen molar-refractivity contribution in [3.8, 4) is 12.3 Å². The Balaban J connectivity index is 3.05. The normalized spacial score (nSPS) is 12.1. The van der Waals surface area contributed by atoms with Crippen molar-refractivity contribution in [3.05, 3.63) is 34.9 Å². The molecular formula is C13H17N. The van der Waals surface area contributed by atoms with E-state index in [1.165, 1.54) is 16.7 Å². The van der Waals surface area contributed by atoms with Crippen LogP contribution in [0.4, 0.5) is 0 Å². The Morgan fingerprint density at radius 3 is 2.71 bits per heavy atom. The van der Waals surface area contributed by atoms with E-state index in [2.05, 4.69) is 43.3 Å². The maximum atomic E-state index is 5.34. The summed E-state index contributed by atoms with van der Waals surface area (Å²) in [6, 6.07) is 6.63. The number of hydrogen-bond acceptors (Lipinski definition) is 1. The summed E-state index contributed by atoms with van der Waals surface area (Å²) in [5.41, 5.74) is 3.97. The molecule has 0 aromatic heterocycles.